The first-order valence-electron chi connectivity index (χ1n) is 9.78. The van der Waals surface area contributed by atoms with Gasteiger partial charge in [-0.15, -0.1) is 10.2 Å². The molecule has 8 heteroatoms. The number of aromatic nitrogens is 3. The van der Waals surface area contributed by atoms with Gasteiger partial charge in [0.25, 0.3) is 0 Å². The van der Waals surface area contributed by atoms with Gasteiger partial charge in [0.2, 0.25) is 0 Å². The number of aldehydes is 1. The van der Waals surface area contributed by atoms with Gasteiger partial charge in [0, 0.05) is 25.4 Å². The number of rotatable bonds is 8. The van der Waals surface area contributed by atoms with Gasteiger partial charge in [-0.05, 0) is 31.7 Å². The standard InChI is InChI=1S/C12H13N3O2S.C4H7Cl.C4H9N.C2H6/c1-17-9-11-13-14-12(18-8-7-16)15(11)10-5-3-2-4-6-10;1-2-3-4-5;1-3-4-5-2;1-2/h2-7H,8-9H2,1H3;3-4H,2H2,1H3;3-5H,1-2H3;1-2H3/b;2*4-3+;. The van der Waals surface area contributed by atoms with Crippen LogP contribution in [0.5, 0.6) is 0 Å². The van der Waals surface area contributed by atoms with E-state index in [0.29, 0.717) is 17.5 Å². The Hall–Kier alpha value is -2.09. The summed E-state index contributed by atoms with van der Waals surface area (Å²) in [7, 11) is 3.49. The Morgan fingerprint density at radius 2 is 1.90 bits per heavy atom. The van der Waals surface area contributed by atoms with Gasteiger partial charge in [-0.1, -0.05) is 74.5 Å². The summed E-state index contributed by atoms with van der Waals surface area (Å²) in [5, 5.41) is 11.7. The molecule has 0 aliphatic heterocycles. The Morgan fingerprint density at radius 1 is 1.23 bits per heavy atom. The van der Waals surface area contributed by atoms with Crippen molar-refractivity contribution in [1.29, 1.82) is 0 Å². The van der Waals surface area contributed by atoms with Crippen molar-refractivity contribution in [3.63, 3.8) is 0 Å². The van der Waals surface area contributed by atoms with Crippen molar-refractivity contribution >= 4 is 29.6 Å². The van der Waals surface area contributed by atoms with Gasteiger partial charge in [-0.25, -0.2) is 0 Å². The quantitative estimate of drug-likeness (QED) is 0.412. The van der Waals surface area contributed by atoms with Crippen LogP contribution in [0.2, 0.25) is 0 Å². The highest BCUT2D eigenvalue weighted by atomic mass is 35.5. The van der Waals surface area contributed by atoms with Crippen molar-refractivity contribution in [3.05, 3.63) is 60.0 Å². The number of thioether (sulfide) groups is 1. The Bertz CT molecular complexity index is 680. The van der Waals surface area contributed by atoms with Crippen LogP contribution in [-0.4, -0.2) is 41.0 Å². The number of para-hydroxylation sites is 1. The summed E-state index contributed by atoms with van der Waals surface area (Å²) in [5.74, 6) is 1.08. The molecular weight excluding hydrogens is 420 g/mol. The molecule has 0 aliphatic carbocycles. The van der Waals surface area contributed by atoms with Crippen LogP contribution in [0.3, 0.4) is 0 Å². The molecule has 0 radical (unpaired) electrons. The van der Waals surface area contributed by atoms with Crippen LogP contribution in [0.25, 0.3) is 5.69 Å². The van der Waals surface area contributed by atoms with Crippen LogP contribution in [0.15, 0.2) is 59.4 Å². The Balaban J connectivity index is 0. The molecule has 1 aromatic carbocycles. The van der Waals surface area contributed by atoms with Crippen molar-refractivity contribution in [3.8, 4) is 5.69 Å². The molecule has 1 heterocycles. The highest BCUT2D eigenvalue weighted by molar-refractivity contribution is 7.99. The van der Waals surface area contributed by atoms with Crippen molar-refractivity contribution in [2.75, 3.05) is 19.9 Å². The molecule has 0 saturated carbocycles. The molecule has 0 amide bonds. The summed E-state index contributed by atoms with van der Waals surface area (Å²) in [6.07, 6.45) is 7.59. The van der Waals surface area contributed by atoms with Gasteiger partial charge >= 0.3 is 0 Å². The fourth-order valence-corrected chi connectivity index (χ4v) is 2.65. The van der Waals surface area contributed by atoms with Crippen LogP contribution >= 0.6 is 23.4 Å². The summed E-state index contributed by atoms with van der Waals surface area (Å²) in [4.78, 5) is 10.5. The number of benzene rings is 1. The first-order valence-corrected chi connectivity index (χ1v) is 11.2. The van der Waals surface area contributed by atoms with Gasteiger partial charge in [-0.2, -0.15) is 0 Å². The number of methoxy groups -OCH3 is 1. The minimum atomic E-state index is 0.359. The summed E-state index contributed by atoms with van der Waals surface area (Å²) < 4.78 is 7.01. The van der Waals surface area contributed by atoms with Gasteiger partial charge in [0.1, 0.15) is 12.9 Å². The zero-order valence-electron chi connectivity index (χ0n) is 18.8. The molecule has 0 fully saturated rings. The van der Waals surface area contributed by atoms with E-state index in [-0.39, 0.29) is 0 Å². The summed E-state index contributed by atoms with van der Waals surface area (Å²) in [6.45, 7) is 8.39. The SMILES string of the molecule is C/C=C/NC.CC.CC/C=C/Cl.COCc1nnc(SCC=O)n1-c1ccccc1. The zero-order chi connectivity index (χ0) is 23.0. The second-order valence-corrected chi connectivity index (χ2v) is 6.28. The molecule has 1 N–H and O–H groups in total. The van der Waals surface area contributed by atoms with E-state index in [1.54, 1.807) is 7.11 Å². The molecule has 0 atom stereocenters. The molecule has 2 aromatic rings. The molecule has 0 bridgehead atoms. The lowest BCUT2D eigenvalue weighted by atomic mass is 10.3. The molecule has 168 valence electrons. The maximum absolute atomic E-state index is 10.5. The number of allylic oxidation sites excluding steroid dienone is 2. The van der Waals surface area contributed by atoms with Crippen LogP contribution in [0.1, 0.15) is 39.9 Å². The molecule has 0 aliphatic rings. The number of nitrogens with zero attached hydrogens (tertiary/aromatic N) is 3. The third kappa shape index (κ3) is 14.0. The number of halogens is 1. The molecule has 2 rings (SSSR count). The van der Waals surface area contributed by atoms with Crippen molar-refractivity contribution in [2.24, 2.45) is 0 Å². The van der Waals surface area contributed by atoms with E-state index in [9.17, 15) is 4.79 Å². The molecular formula is C22H35ClN4O2S. The average Bonchev–Trinajstić information content (AvgIpc) is 3.19. The normalized spacial score (nSPS) is 9.70. The lowest BCUT2D eigenvalue weighted by Crippen LogP contribution is -2.04. The van der Waals surface area contributed by atoms with E-state index in [1.807, 2.05) is 88.0 Å². The van der Waals surface area contributed by atoms with Crippen molar-refractivity contribution < 1.29 is 9.53 Å². The second kappa shape index (κ2) is 23.2. The third-order valence-electron chi connectivity index (χ3n) is 2.93. The van der Waals surface area contributed by atoms with Gasteiger partial charge in [0.15, 0.2) is 11.0 Å². The fourth-order valence-electron chi connectivity index (χ4n) is 1.82. The minimum absolute atomic E-state index is 0.359. The number of carbonyl (C=O) groups is 1. The molecule has 0 spiro atoms. The average molecular weight is 455 g/mol. The highest BCUT2D eigenvalue weighted by Gasteiger charge is 2.13. The Labute approximate surface area is 190 Å². The number of nitrogens with one attached hydrogen (secondary N) is 1. The lowest BCUT2D eigenvalue weighted by Gasteiger charge is -2.08. The van der Waals surface area contributed by atoms with E-state index in [1.165, 1.54) is 17.3 Å². The second-order valence-electron chi connectivity index (χ2n) is 5.04. The summed E-state index contributed by atoms with van der Waals surface area (Å²) in [6, 6.07) is 9.77. The number of carbonyl (C=O) groups excluding carboxylic acids is 1. The van der Waals surface area contributed by atoms with E-state index in [4.69, 9.17) is 16.3 Å². The van der Waals surface area contributed by atoms with E-state index < -0.39 is 0 Å². The fraction of sp³-hybridized carbons (Fsp3) is 0.409. The first kappa shape index (κ1) is 30.1. The summed E-state index contributed by atoms with van der Waals surface area (Å²) in [5.41, 5.74) is 2.49. The Morgan fingerprint density at radius 3 is 2.30 bits per heavy atom. The highest BCUT2D eigenvalue weighted by Crippen LogP contribution is 2.21. The van der Waals surface area contributed by atoms with E-state index in [2.05, 4.69) is 15.5 Å². The largest absolute Gasteiger partial charge is 0.394 e. The van der Waals surface area contributed by atoms with Crippen molar-refractivity contribution in [2.45, 2.75) is 45.9 Å². The van der Waals surface area contributed by atoms with Crippen LogP contribution in [-0.2, 0) is 16.1 Å². The van der Waals surface area contributed by atoms with Crippen LogP contribution in [0, 0.1) is 0 Å². The van der Waals surface area contributed by atoms with Gasteiger partial charge < -0.3 is 14.8 Å². The maximum atomic E-state index is 10.5. The zero-order valence-corrected chi connectivity index (χ0v) is 20.4. The Kier molecular flexibility index (Phi) is 23.3. The summed E-state index contributed by atoms with van der Waals surface area (Å²) >= 11 is 6.48. The molecule has 0 unspecified atom stereocenters. The van der Waals surface area contributed by atoms with E-state index in [0.717, 1.165) is 24.2 Å². The topological polar surface area (TPSA) is 69.0 Å². The molecule has 30 heavy (non-hydrogen) atoms. The smallest absolute Gasteiger partial charge is 0.196 e. The van der Waals surface area contributed by atoms with Crippen LogP contribution < -0.4 is 5.32 Å². The van der Waals surface area contributed by atoms with Crippen molar-refractivity contribution in [1.82, 2.24) is 20.1 Å². The van der Waals surface area contributed by atoms with Gasteiger partial charge in [-0.3, -0.25) is 4.57 Å². The molecule has 1 aromatic heterocycles. The molecule has 6 nitrogen and oxygen atoms in total. The number of hydrogen-bond donors (Lipinski definition) is 1. The van der Waals surface area contributed by atoms with Gasteiger partial charge in [0.05, 0.1) is 5.75 Å². The minimum Gasteiger partial charge on any atom is -0.394 e. The van der Waals surface area contributed by atoms with E-state index >= 15 is 0 Å². The number of hydrogen-bond acceptors (Lipinski definition) is 6. The predicted molar refractivity (Wildman–Crippen MR) is 129 cm³/mol. The maximum Gasteiger partial charge on any atom is 0.196 e. The predicted octanol–water partition coefficient (Wildman–Crippen LogP) is 5.62. The third-order valence-corrected chi connectivity index (χ3v) is 3.93. The molecule has 0 saturated heterocycles. The monoisotopic (exact) mass is 454 g/mol. The van der Waals surface area contributed by atoms with Crippen LogP contribution in [0.4, 0.5) is 0 Å². The number of ether oxygens (including phenoxy) is 1. The first-order chi connectivity index (χ1) is 14.7. The lowest BCUT2D eigenvalue weighted by molar-refractivity contribution is -0.105.